The Morgan fingerprint density at radius 2 is 1.75 bits per heavy atom. The first kappa shape index (κ1) is 11.5. The maximum absolute atomic E-state index is 9.28. The van der Waals surface area contributed by atoms with E-state index < -0.39 is 0 Å². The molecule has 1 N–H and O–H groups in total. The Balaban J connectivity index is 2.31. The van der Waals surface area contributed by atoms with Gasteiger partial charge in [-0.15, -0.1) is 0 Å². The van der Waals surface area contributed by atoms with Crippen LogP contribution in [0.4, 0.5) is 0 Å². The molecule has 2 rings (SSSR count). The molecule has 0 radical (unpaired) electrons. The number of hydrogen-bond donors (Lipinski definition) is 1. The van der Waals surface area contributed by atoms with E-state index in [2.05, 4.69) is 0 Å². The van der Waals surface area contributed by atoms with Crippen LogP contribution in [0, 0.1) is 0 Å². The molecule has 0 spiro atoms. The second kappa shape index (κ2) is 5.39. The van der Waals surface area contributed by atoms with E-state index in [1.54, 1.807) is 17.8 Å². The zero-order valence-electron chi connectivity index (χ0n) is 8.56. The predicted molar refractivity (Wildman–Crippen MR) is 67.9 cm³/mol. The van der Waals surface area contributed by atoms with Crippen molar-refractivity contribution in [1.82, 2.24) is 0 Å². The van der Waals surface area contributed by atoms with Gasteiger partial charge in [0.2, 0.25) is 0 Å². The van der Waals surface area contributed by atoms with E-state index >= 15 is 0 Å². The molecule has 16 heavy (non-hydrogen) atoms. The highest BCUT2D eigenvalue weighted by molar-refractivity contribution is 7.99. The number of halogens is 1. The molecule has 0 aromatic heterocycles. The summed E-state index contributed by atoms with van der Waals surface area (Å²) in [5, 5.41) is 9.89. The third kappa shape index (κ3) is 2.59. The summed E-state index contributed by atoms with van der Waals surface area (Å²) in [4.78, 5) is 2.14. The SMILES string of the molecule is OCc1c(Cl)cccc1Sc1ccccc1. The van der Waals surface area contributed by atoms with Crippen molar-refractivity contribution in [2.24, 2.45) is 0 Å². The molecule has 0 saturated carbocycles. The van der Waals surface area contributed by atoms with Crippen LogP contribution in [0.1, 0.15) is 5.56 Å². The molecule has 0 amide bonds. The maximum Gasteiger partial charge on any atom is 0.0707 e. The standard InChI is InChI=1S/C13H11ClOS/c14-12-7-4-8-13(11(12)9-15)16-10-5-2-1-3-6-10/h1-8,15H,9H2. The zero-order chi connectivity index (χ0) is 11.4. The van der Waals surface area contributed by atoms with Crippen molar-refractivity contribution in [2.45, 2.75) is 16.4 Å². The molecule has 0 aliphatic rings. The van der Waals surface area contributed by atoms with Crippen molar-refractivity contribution in [3.8, 4) is 0 Å². The van der Waals surface area contributed by atoms with Gasteiger partial charge in [-0.25, -0.2) is 0 Å². The van der Waals surface area contributed by atoms with Gasteiger partial charge in [-0.05, 0) is 24.3 Å². The van der Waals surface area contributed by atoms with Crippen LogP contribution >= 0.6 is 23.4 Å². The normalized spacial score (nSPS) is 10.4. The minimum atomic E-state index is -0.0329. The molecule has 0 aliphatic heterocycles. The highest BCUT2D eigenvalue weighted by Gasteiger charge is 2.06. The minimum absolute atomic E-state index is 0.0329. The van der Waals surface area contributed by atoms with Crippen LogP contribution in [-0.2, 0) is 6.61 Å². The van der Waals surface area contributed by atoms with E-state index in [-0.39, 0.29) is 6.61 Å². The van der Waals surface area contributed by atoms with Crippen LogP contribution in [0.15, 0.2) is 58.3 Å². The zero-order valence-corrected chi connectivity index (χ0v) is 10.1. The average molecular weight is 251 g/mol. The Morgan fingerprint density at radius 3 is 2.44 bits per heavy atom. The second-order valence-corrected chi connectivity index (χ2v) is 4.81. The number of aliphatic hydroxyl groups excluding tert-OH is 1. The summed E-state index contributed by atoms with van der Waals surface area (Å²) in [6.07, 6.45) is 0. The third-order valence-electron chi connectivity index (χ3n) is 2.21. The van der Waals surface area contributed by atoms with Gasteiger partial charge in [-0.1, -0.05) is 47.6 Å². The molecule has 0 bridgehead atoms. The van der Waals surface area contributed by atoms with Crippen molar-refractivity contribution in [2.75, 3.05) is 0 Å². The van der Waals surface area contributed by atoms with Crippen LogP contribution in [-0.4, -0.2) is 5.11 Å². The smallest absolute Gasteiger partial charge is 0.0707 e. The van der Waals surface area contributed by atoms with Crippen LogP contribution in [0.5, 0.6) is 0 Å². The average Bonchev–Trinajstić information content (AvgIpc) is 2.31. The lowest BCUT2D eigenvalue weighted by Crippen LogP contribution is -1.88. The van der Waals surface area contributed by atoms with Gasteiger partial charge in [0.25, 0.3) is 0 Å². The molecule has 3 heteroatoms. The number of aliphatic hydroxyl groups is 1. The Morgan fingerprint density at radius 1 is 1.00 bits per heavy atom. The van der Waals surface area contributed by atoms with E-state index in [0.717, 1.165) is 15.4 Å². The maximum atomic E-state index is 9.28. The van der Waals surface area contributed by atoms with Crippen LogP contribution in [0.3, 0.4) is 0 Å². The highest BCUT2D eigenvalue weighted by Crippen LogP contribution is 2.33. The molecule has 0 unspecified atom stereocenters. The lowest BCUT2D eigenvalue weighted by molar-refractivity contribution is 0.279. The van der Waals surface area contributed by atoms with Crippen LogP contribution < -0.4 is 0 Å². The Labute approximate surface area is 104 Å². The third-order valence-corrected chi connectivity index (χ3v) is 3.67. The van der Waals surface area contributed by atoms with E-state index in [9.17, 15) is 5.11 Å². The predicted octanol–water partition coefficient (Wildman–Crippen LogP) is 3.98. The van der Waals surface area contributed by atoms with Gasteiger partial charge >= 0.3 is 0 Å². The quantitative estimate of drug-likeness (QED) is 0.889. The van der Waals surface area contributed by atoms with E-state index in [1.165, 1.54) is 0 Å². The first-order chi connectivity index (χ1) is 7.81. The van der Waals surface area contributed by atoms with Crippen molar-refractivity contribution >= 4 is 23.4 Å². The fourth-order valence-electron chi connectivity index (χ4n) is 1.40. The van der Waals surface area contributed by atoms with Crippen molar-refractivity contribution in [3.05, 3.63) is 59.1 Å². The second-order valence-electron chi connectivity index (χ2n) is 3.29. The minimum Gasteiger partial charge on any atom is -0.392 e. The summed E-state index contributed by atoms with van der Waals surface area (Å²) in [5.74, 6) is 0. The van der Waals surface area contributed by atoms with Gasteiger partial charge in [0.05, 0.1) is 6.61 Å². The summed E-state index contributed by atoms with van der Waals surface area (Å²) >= 11 is 7.63. The molecule has 2 aromatic carbocycles. The van der Waals surface area contributed by atoms with Crippen molar-refractivity contribution in [1.29, 1.82) is 0 Å². The van der Waals surface area contributed by atoms with Gasteiger partial charge in [0.1, 0.15) is 0 Å². The van der Waals surface area contributed by atoms with Crippen LogP contribution in [0.25, 0.3) is 0 Å². The topological polar surface area (TPSA) is 20.2 Å². The molecule has 0 aliphatic carbocycles. The van der Waals surface area contributed by atoms with E-state index in [4.69, 9.17) is 11.6 Å². The molecule has 2 aromatic rings. The van der Waals surface area contributed by atoms with Gasteiger partial charge in [0, 0.05) is 20.4 Å². The Kier molecular flexibility index (Phi) is 3.88. The van der Waals surface area contributed by atoms with Crippen LogP contribution in [0.2, 0.25) is 5.02 Å². The molecule has 0 atom stereocenters. The Bertz CT molecular complexity index is 471. The number of benzene rings is 2. The Hall–Kier alpha value is -0.960. The van der Waals surface area contributed by atoms with Gasteiger partial charge < -0.3 is 5.11 Å². The fraction of sp³-hybridized carbons (Fsp3) is 0.0769. The molecule has 0 saturated heterocycles. The first-order valence-electron chi connectivity index (χ1n) is 4.92. The lowest BCUT2D eigenvalue weighted by atomic mass is 10.2. The van der Waals surface area contributed by atoms with Crippen molar-refractivity contribution in [3.63, 3.8) is 0 Å². The number of hydrogen-bond acceptors (Lipinski definition) is 2. The molecule has 0 fully saturated rings. The molecular weight excluding hydrogens is 240 g/mol. The summed E-state index contributed by atoms with van der Waals surface area (Å²) in [6.45, 7) is -0.0329. The molecule has 1 nitrogen and oxygen atoms in total. The monoisotopic (exact) mass is 250 g/mol. The van der Waals surface area contributed by atoms with Crippen molar-refractivity contribution < 1.29 is 5.11 Å². The molecular formula is C13H11ClOS. The lowest BCUT2D eigenvalue weighted by Gasteiger charge is -2.08. The van der Waals surface area contributed by atoms with Gasteiger partial charge in [-0.3, -0.25) is 0 Å². The van der Waals surface area contributed by atoms with Gasteiger partial charge in [-0.2, -0.15) is 0 Å². The van der Waals surface area contributed by atoms with E-state index in [1.807, 2.05) is 42.5 Å². The fourth-order valence-corrected chi connectivity index (χ4v) is 2.69. The van der Waals surface area contributed by atoms with Gasteiger partial charge in [0.15, 0.2) is 0 Å². The first-order valence-corrected chi connectivity index (χ1v) is 6.12. The molecule has 0 heterocycles. The summed E-state index contributed by atoms with van der Waals surface area (Å²) in [6, 6.07) is 15.7. The summed E-state index contributed by atoms with van der Waals surface area (Å²) in [5.41, 5.74) is 0.790. The summed E-state index contributed by atoms with van der Waals surface area (Å²) in [7, 11) is 0. The van der Waals surface area contributed by atoms with E-state index in [0.29, 0.717) is 5.02 Å². The summed E-state index contributed by atoms with van der Waals surface area (Å²) < 4.78 is 0. The highest BCUT2D eigenvalue weighted by atomic mass is 35.5. The number of rotatable bonds is 3. The largest absolute Gasteiger partial charge is 0.392 e. The molecule has 82 valence electrons.